The monoisotopic (exact) mass is 360 g/mol. The predicted molar refractivity (Wildman–Crippen MR) is 93.8 cm³/mol. The van der Waals surface area contributed by atoms with Crippen LogP contribution in [0.2, 0.25) is 0 Å². The quantitative estimate of drug-likeness (QED) is 0.843. The van der Waals surface area contributed by atoms with Gasteiger partial charge in [-0.2, -0.15) is 0 Å². The Balaban J connectivity index is 2.30. The van der Waals surface area contributed by atoms with Crippen molar-refractivity contribution in [2.24, 2.45) is 5.92 Å². The molecule has 0 fully saturated rings. The van der Waals surface area contributed by atoms with E-state index >= 15 is 0 Å². The summed E-state index contributed by atoms with van der Waals surface area (Å²) in [6.07, 6.45) is 1.47. The van der Waals surface area contributed by atoms with Crippen LogP contribution in [0.5, 0.6) is 0 Å². The van der Waals surface area contributed by atoms with E-state index in [1.807, 2.05) is 13.8 Å². The highest BCUT2D eigenvalue weighted by Crippen LogP contribution is 2.32. The minimum atomic E-state index is -3.39. The number of sulfonamides is 2. The van der Waals surface area contributed by atoms with Gasteiger partial charge >= 0.3 is 0 Å². The van der Waals surface area contributed by atoms with Crippen molar-refractivity contribution < 1.29 is 16.8 Å². The van der Waals surface area contributed by atoms with E-state index in [0.29, 0.717) is 17.9 Å². The fraction of sp³-hybridized carbons (Fsp3) is 0.600. The Morgan fingerprint density at radius 1 is 1.22 bits per heavy atom. The molecule has 0 amide bonds. The minimum Gasteiger partial charge on any atom is -0.284 e. The zero-order valence-corrected chi connectivity index (χ0v) is 15.4. The molecule has 0 saturated carbocycles. The maximum Gasteiger partial charge on any atom is 0.234 e. The van der Waals surface area contributed by atoms with Gasteiger partial charge in [-0.1, -0.05) is 13.8 Å². The van der Waals surface area contributed by atoms with Crippen LogP contribution >= 0.6 is 0 Å². The second-order valence-corrected chi connectivity index (χ2v) is 10.1. The van der Waals surface area contributed by atoms with E-state index in [2.05, 4.69) is 4.72 Å². The van der Waals surface area contributed by atoms with Crippen LogP contribution in [0.15, 0.2) is 18.2 Å². The standard InChI is InChI=1S/C15H24N2O4S2/c1-4-23(20,21)17-9-5-6-13-10-14(7-8-15(13)17)16-22(18,19)11-12(2)3/h7-8,10,12,16H,4-6,9,11H2,1-3H3. The first kappa shape index (κ1) is 18.1. The number of aryl methyl sites for hydroxylation is 1. The van der Waals surface area contributed by atoms with E-state index in [0.717, 1.165) is 18.4 Å². The lowest BCUT2D eigenvalue weighted by molar-refractivity contribution is 0.585. The Morgan fingerprint density at radius 3 is 2.52 bits per heavy atom. The van der Waals surface area contributed by atoms with Crippen molar-refractivity contribution in [3.05, 3.63) is 23.8 Å². The van der Waals surface area contributed by atoms with Crippen molar-refractivity contribution in [3.8, 4) is 0 Å². The van der Waals surface area contributed by atoms with Gasteiger partial charge in [0, 0.05) is 12.2 Å². The Bertz CT molecular complexity index is 771. The van der Waals surface area contributed by atoms with Crippen molar-refractivity contribution in [1.29, 1.82) is 0 Å². The van der Waals surface area contributed by atoms with Gasteiger partial charge in [0.2, 0.25) is 20.0 Å². The van der Waals surface area contributed by atoms with Crippen molar-refractivity contribution in [2.75, 3.05) is 27.1 Å². The van der Waals surface area contributed by atoms with Gasteiger partial charge in [-0.15, -0.1) is 0 Å². The average Bonchev–Trinajstić information content (AvgIpc) is 2.44. The van der Waals surface area contributed by atoms with E-state index in [1.165, 1.54) is 4.31 Å². The molecule has 1 heterocycles. The van der Waals surface area contributed by atoms with Crippen LogP contribution in [0.4, 0.5) is 11.4 Å². The Kier molecular flexibility index (Phi) is 5.25. The van der Waals surface area contributed by atoms with Gasteiger partial charge in [-0.05, 0) is 49.4 Å². The van der Waals surface area contributed by atoms with Gasteiger partial charge in [0.05, 0.1) is 17.2 Å². The summed E-state index contributed by atoms with van der Waals surface area (Å²) in [6.45, 7) is 5.79. The van der Waals surface area contributed by atoms with Gasteiger partial charge in [-0.25, -0.2) is 16.8 Å². The largest absolute Gasteiger partial charge is 0.284 e. The Hall–Kier alpha value is -1.28. The number of hydrogen-bond donors (Lipinski definition) is 1. The normalized spacial score (nSPS) is 15.6. The molecule has 1 aliphatic heterocycles. The molecule has 1 N–H and O–H groups in total. The lowest BCUT2D eigenvalue weighted by atomic mass is 10.0. The zero-order valence-electron chi connectivity index (χ0n) is 13.7. The summed E-state index contributed by atoms with van der Waals surface area (Å²) >= 11 is 0. The van der Waals surface area contributed by atoms with Gasteiger partial charge in [0.15, 0.2) is 0 Å². The third kappa shape index (κ3) is 4.38. The molecule has 0 bridgehead atoms. The average molecular weight is 361 g/mol. The van der Waals surface area contributed by atoms with Crippen molar-refractivity contribution in [2.45, 2.75) is 33.6 Å². The maximum atomic E-state index is 12.2. The number of nitrogens with zero attached hydrogens (tertiary/aromatic N) is 1. The molecule has 0 atom stereocenters. The summed E-state index contributed by atoms with van der Waals surface area (Å²) in [5, 5.41) is 0. The smallest absolute Gasteiger partial charge is 0.234 e. The summed E-state index contributed by atoms with van der Waals surface area (Å²) in [7, 11) is -6.69. The summed E-state index contributed by atoms with van der Waals surface area (Å²) in [5.41, 5.74) is 2.00. The number of fused-ring (bicyclic) bond motifs is 1. The van der Waals surface area contributed by atoms with Crippen LogP contribution in [0.25, 0.3) is 0 Å². The molecule has 130 valence electrons. The molecule has 1 aromatic carbocycles. The fourth-order valence-corrected chi connectivity index (χ4v) is 5.37. The van der Waals surface area contributed by atoms with Gasteiger partial charge in [0.1, 0.15) is 0 Å². The molecule has 6 nitrogen and oxygen atoms in total. The summed E-state index contributed by atoms with van der Waals surface area (Å²) in [6, 6.07) is 5.06. The van der Waals surface area contributed by atoms with Crippen LogP contribution in [0.3, 0.4) is 0 Å². The third-order valence-corrected chi connectivity index (χ3v) is 7.11. The maximum absolute atomic E-state index is 12.2. The highest BCUT2D eigenvalue weighted by Gasteiger charge is 2.26. The number of nitrogens with one attached hydrogen (secondary N) is 1. The van der Waals surface area contributed by atoms with E-state index < -0.39 is 20.0 Å². The zero-order chi connectivity index (χ0) is 17.3. The molecular weight excluding hydrogens is 336 g/mol. The van der Waals surface area contributed by atoms with Crippen LogP contribution in [-0.4, -0.2) is 34.9 Å². The second kappa shape index (κ2) is 6.68. The molecule has 23 heavy (non-hydrogen) atoms. The number of benzene rings is 1. The molecule has 0 unspecified atom stereocenters. The van der Waals surface area contributed by atoms with Crippen LogP contribution in [-0.2, 0) is 26.5 Å². The number of anilines is 2. The topological polar surface area (TPSA) is 83.6 Å². The van der Waals surface area contributed by atoms with Crippen molar-refractivity contribution in [1.82, 2.24) is 0 Å². The van der Waals surface area contributed by atoms with Crippen molar-refractivity contribution in [3.63, 3.8) is 0 Å². The van der Waals surface area contributed by atoms with Crippen LogP contribution in [0.1, 0.15) is 32.8 Å². The summed E-state index contributed by atoms with van der Waals surface area (Å²) in [4.78, 5) is 0. The summed E-state index contributed by atoms with van der Waals surface area (Å²) in [5.74, 6) is 0.144. The highest BCUT2D eigenvalue weighted by atomic mass is 32.2. The highest BCUT2D eigenvalue weighted by molar-refractivity contribution is 7.93. The molecule has 2 rings (SSSR count). The van der Waals surface area contributed by atoms with Crippen LogP contribution in [0, 0.1) is 5.92 Å². The first-order valence-corrected chi connectivity index (χ1v) is 11.0. The Labute approximate surface area is 139 Å². The minimum absolute atomic E-state index is 0.0373. The Morgan fingerprint density at radius 2 is 1.91 bits per heavy atom. The predicted octanol–water partition coefficient (Wildman–Crippen LogP) is 2.19. The van der Waals surface area contributed by atoms with Gasteiger partial charge in [0.25, 0.3) is 0 Å². The molecule has 0 aromatic heterocycles. The van der Waals surface area contributed by atoms with Crippen LogP contribution < -0.4 is 9.03 Å². The second-order valence-electron chi connectivity index (χ2n) is 6.20. The first-order valence-electron chi connectivity index (χ1n) is 7.78. The lowest BCUT2D eigenvalue weighted by Gasteiger charge is -2.30. The lowest BCUT2D eigenvalue weighted by Crippen LogP contribution is -2.36. The van der Waals surface area contributed by atoms with E-state index in [4.69, 9.17) is 0 Å². The first-order chi connectivity index (χ1) is 10.6. The van der Waals surface area contributed by atoms with E-state index in [1.54, 1.807) is 25.1 Å². The molecule has 0 saturated heterocycles. The number of rotatable bonds is 6. The molecule has 0 aliphatic carbocycles. The SMILES string of the molecule is CCS(=O)(=O)N1CCCc2cc(NS(=O)(=O)CC(C)C)ccc21. The number of hydrogen-bond acceptors (Lipinski definition) is 4. The molecule has 0 radical (unpaired) electrons. The van der Waals surface area contributed by atoms with Crippen molar-refractivity contribution >= 4 is 31.4 Å². The molecule has 1 aromatic rings. The third-order valence-electron chi connectivity index (χ3n) is 3.68. The molecule has 8 heteroatoms. The van der Waals surface area contributed by atoms with Gasteiger partial charge < -0.3 is 0 Å². The van der Waals surface area contributed by atoms with E-state index in [9.17, 15) is 16.8 Å². The van der Waals surface area contributed by atoms with Gasteiger partial charge in [-0.3, -0.25) is 9.03 Å². The molecular formula is C15H24N2O4S2. The fourth-order valence-electron chi connectivity index (χ4n) is 2.73. The molecule has 0 spiro atoms. The summed E-state index contributed by atoms with van der Waals surface area (Å²) < 4.78 is 52.4. The molecule has 1 aliphatic rings. The van der Waals surface area contributed by atoms with E-state index in [-0.39, 0.29) is 17.4 Å².